The summed E-state index contributed by atoms with van der Waals surface area (Å²) in [7, 11) is -1.70. The lowest BCUT2D eigenvalue weighted by Crippen LogP contribution is -2.69. The average molecular weight is 201 g/mol. The molecule has 0 bridgehead atoms. The molecule has 0 saturated carbocycles. The van der Waals surface area contributed by atoms with Crippen LogP contribution in [-0.4, -0.2) is 36.5 Å². The zero-order chi connectivity index (χ0) is 10.4. The first kappa shape index (κ1) is 10.7. The molecule has 0 aromatic carbocycles. The van der Waals surface area contributed by atoms with Crippen LogP contribution in [0.25, 0.3) is 0 Å². The monoisotopic (exact) mass is 201 g/mol. The highest BCUT2D eigenvalue weighted by molar-refractivity contribution is 6.79. The van der Waals surface area contributed by atoms with E-state index in [2.05, 4.69) is 33.9 Å². The number of aliphatic hydroxyl groups excluding tert-OH is 1. The number of rotatable bonds is 1. The Balaban J connectivity index is 2.78. The summed E-state index contributed by atoms with van der Waals surface area (Å²) in [6, 6.07) is 0. The van der Waals surface area contributed by atoms with Gasteiger partial charge in [-0.15, -0.1) is 0 Å². The van der Waals surface area contributed by atoms with Gasteiger partial charge in [0.15, 0.2) is 8.24 Å². The highest BCUT2D eigenvalue weighted by atomic mass is 28.3. The molecule has 0 aromatic heterocycles. The molecule has 1 heterocycles. The van der Waals surface area contributed by atoms with Crippen LogP contribution in [0.15, 0.2) is 0 Å². The van der Waals surface area contributed by atoms with Crippen LogP contribution in [-0.2, 0) is 4.79 Å². The van der Waals surface area contributed by atoms with Gasteiger partial charge in [0, 0.05) is 6.54 Å². The maximum Gasteiger partial charge on any atom is 0.245 e. The first-order valence-corrected chi connectivity index (χ1v) is 7.62. The van der Waals surface area contributed by atoms with Crippen LogP contribution in [0.4, 0.5) is 0 Å². The summed E-state index contributed by atoms with van der Waals surface area (Å²) >= 11 is 0. The van der Waals surface area contributed by atoms with Crippen LogP contribution >= 0.6 is 0 Å². The van der Waals surface area contributed by atoms with Gasteiger partial charge in [0.05, 0.1) is 0 Å². The molecule has 0 radical (unpaired) electrons. The maximum atomic E-state index is 11.4. The molecule has 4 heteroatoms. The van der Waals surface area contributed by atoms with E-state index in [1.165, 1.54) is 0 Å². The number of carbonyl (C=O) groups is 1. The van der Waals surface area contributed by atoms with Crippen molar-refractivity contribution in [1.29, 1.82) is 0 Å². The van der Waals surface area contributed by atoms with E-state index in [1.807, 2.05) is 4.57 Å². The number of carbonyl (C=O) groups excluding carboxylic acids is 1. The number of amides is 1. The third kappa shape index (κ3) is 1.53. The molecule has 1 atom stereocenters. The topological polar surface area (TPSA) is 40.5 Å². The summed E-state index contributed by atoms with van der Waals surface area (Å²) in [6.07, 6.45) is -0.728. The van der Waals surface area contributed by atoms with E-state index in [0.717, 1.165) is 0 Å². The molecule has 1 amide bonds. The van der Waals surface area contributed by atoms with Gasteiger partial charge in [-0.3, -0.25) is 4.79 Å². The summed E-state index contributed by atoms with van der Waals surface area (Å²) in [5, 5.41) is 9.32. The predicted molar refractivity (Wildman–Crippen MR) is 54.9 cm³/mol. The first-order chi connectivity index (χ1) is 5.68. The Kier molecular flexibility index (Phi) is 2.32. The smallest absolute Gasteiger partial charge is 0.245 e. The van der Waals surface area contributed by atoms with Crippen LogP contribution in [0.3, 0.4) is 0 Å². The largest absolute Gasteiger partial charge is 0.381 e. The molecule has 1 aliphatic rings. The van der Waals surface area contributed by atoms with Crippen molar-refractivity contribution in [2.45, 2.75) is 45.0 Å². The van der Waals surface area contributed by atoms with E-state index in [1.54, 1.807) is 0 Å². The van der Waals surface area contributed by atoms with E-state index in [0.29, 0.717) is 6.54 Å². The van der Waals surface area contributed by atoms with Gasteiger partial charge in [-0.05, 0) is 5.04 Å². The van der Waals surface area contributed by atoms with Gasteiger partial charge in [-0.1, -0.05) is 33.9 Å². The van der Waals surface area contributed by atoms with Crippen LogP contribution < -0.4 is 0 Å². The fourth-order valence-corrected chi connectivity index (χ4v) is 3.46. The first-order valence-electron chi connectivity index (χ1n) is 4.67. The highest BCUT2D eigenvalue weighted by Crippen LogP contribution is 2.40. The van der Waals surface area contributed by atoms with Gasteiger partial charge < -0.3 is 9.67 Å². The second kappa shape index (κ2) is 2.82. The van der Waals surface area contributed by atoms with E-state index < -0.39 is 14.3 Å². The third-order valence-corrected chi connectivity index (χ3v) is 8.84. The van der Waals surface area contributed by atoms with Crippen molar-refractivity contribution >= 4 is 14.1 Å². The van der Waals surface area contributed by atoms with Gasteiger partial charge in [0.1, 0.15) is 6.10 Å². The van der Waals surface area contributed by atoms with E-state index in [-0.39, 0.29) is 10.9 Å². The zero-order valence-electron chi connectivity index (χ0n) is 9.09. The SMILES string of the molecule is CC(C)(C)[Si](C)(C)N1CC(O)C1=O. The molecular weight excluding hydrogens is 182 g/mol. The molecule has 0 spiro atoms. The van der Waals surface area contributed by atoms with Gasteiger partial charge in [0.25, 0.3) is 0 Å². The van der Waals surface area contributed by atoms with Crippen molar-refractivity contribution in [1.82, 2.24) is 4.57 Å². The molecule has 1 aliphatic heterocycles. The van der Waals surface area contributed by atoms with E-state index >= 15 is 0 Å². The number of β-lactam (4-membered cyclic amide) rings is 1. The number of β-amino-alcohol motifs (C(OH)–C–C–N with tert-alkyl or cyclic N) is 1. The lowest BCUT2D eigenvalue weighted by molar-refractivity contribution is -0.148. The number of hydrogen-bond acceptors (Lipinski definition) is 2. The minimum atomic E-state index is -1.70. The number of aliphatic hydroxyl groups is 1. The van der Waals surface area contributed by atoms with Gasteiger partial charge >= 0.3 is 0 Å². The fraction of sp³-hybridized carbons (Fsp3) is 0.889. The standard InChI is InChI=1S/C9H19NO2Si/c1-9(2,3)13(4,5)10-6-7(11)8(10)12/h7,11H,6H2,1-5H3. The van der Waals surface area contributed by atoms with Crippen molar-refractivity contribution in [3.63, 3.8) is 0 Å². The summed E-state index contributed by atoms with van der Waals surface area (Å²) in [5.41, 5.74) is 0. The Bertz CT molecular complexity index is 232. The summed E-state index contributed by atoms with van der Waals surface area (Å²) in [4.78, 5) is 11.4. The lowest BCUT2D eigenvalue weighted by Gasteiger charge is -2.51. The van der Waals surface area contributed by atoms with Crippen LogP contribution in [0.5, 0.6) is 0 Å². The molecule has 13 heavy (non-hydrogen) atoms. The van der Waals surface area contributed by atoms with Gasteiger partial charge in [0.2, 0.25) is 5.91 Å². The van der Waals surface area contributed by atoms with Gasteiger partial charge in [-0.2, -0.15) is 0 Å². The van der Waals surface area contributed by atoms with Gasteiger partial charge in [-0.25, -0.2) is 0 Å². The summed E-state index contributed by atoms with van der Waals surface area (Å²) in [5.74, 6) is -0.0772. The van der Waals surface area contributed by atoms with Crippen LogP contribution in [0, 0.1) is 0 Å². The highest BCUT2D eigenvalue weighted by Gasteiger charge is 2.50. The van der Waals surface area contributed by atoms with E-state index in [9.17, 15) is 4.79 Å². The third-order valence-electron chi connectivity index (χ3n) is 3.42. The molecular formula is C9H19NO2Si. The molecule has 1 N–H and O–H groups in total. The molecule has 1 rings (SSSR count). The van der Waals surface area contributed by atoms with Crippen LogP contribution in [0.1, 0.15) is 20.8 Å². The molecule has 1 unspecified atom stereocenters. The van der Waals surface area contributed by atoms with Crippen molar-refractivity contribution in [2.24, 2.45) is 0 Å². The molecule has 0 aromatic rings. The molecule has 76 valence electrons. The Labute approximate surface area is 80.8 Å². The Hall–Kier alpha value is -0.353. The quantitative estimate of drug-likeness (QED) is 0.511. The van der Waals surface area contributed by atoms with Crippen molar-refractivity contribution in [3.05, 3.63) is 0 Å². The Morgan fingerprint density at radius 1 is 1.46 bits per heavy atom. The molecule has 3 nitrogen and oxygen atoms in total. The maximum absolute atomic E-state index is 11.4. The second-order valence-electron chi connectivity index (χ2n) is 5.27. The number of nitrogens with zero attached hydrogens (tertiary/aromatic N) is 1. The second-order valence-corrected chi connectivity index (χ2v) is 10.4. The normalized spacial score (nSPS) is 24.6. The van der Waals surface area contributed by atoms with Crippen LogP contribution in [0.2, 0.25) is 18.1 Å². The lowest BCUT2D eigenvalue weighted by atomic mass is 10.2. The number of hydrogen-bond donors (Lipinski definition) is 1. The molecule has 1 saturated heterocycles. The minimum Gasteiger partial charge on any atom is -0.381 e. The fourth-order valence-electron chi connectivity index (χ4n) is 1.32. The average Bonchev–Trinajstić information content (AvgIpc) is 1.97. The molecule has 0 aliphatic carbocycles. The Morgan fingerprint density at radius 2 is 1.92 bits per heavy atom. The predicted octanol–water partition coefficient (Wildman–Crippen LogP) is 1.19. The summed E-state index contributed by atoms with van der Waals surface area (Å²) < 4.78 is 1.89. The molecule has 1 fully saturated rings. The van der Waals surface area contributed by atoms with Crippen molar-refractivity contribution < 1.29 is 9.90 Å². The Morgan fingerprint density at radius 3 is 2.15 bits per heavy atom. The minimum absolute atomic E-state index is 0.0772. The zero-order valence-corrected chi connectivity index (χ0v) is 10.1. The van der Waals surface area contributed by atoms with Crippen molar-refractivity contribution in [2.75, 3.05) is 6.54 Å². The summed E-state index contributed by atoms with van der Waals surface area (Å²) in [6.45, 7) is 11.4. The van der Waals surface area contributed by atoms with Crippen molar-refractivity contribution in [3.8, 4) is 0 Å². The van der Waals surface area contributed by atoms with E-state index in [4.69, 9.17) is 5.11 Å².